The Morgan fingerprint density at radius 3 is 2.04 bits per heavy atom. The highest BCUT2D eigenvalue weighted by molar-refractivity contribution is 7.44. The Kier molecular flexibility index (Phi) is 12.1. The molecule has 6 heteroatoms. The lowest BCUT2D eigenvalue weighted by Crippen LogP contribution is -2.36. The fraction of sp³-hybridized carbons (Fsp3) is 0.947. The summed E-state index contributed by atoms with van der Waals surface area (Å²) in [5.41, 5.74) is -0.00291. The van der Waals surface area contributed by atoms with Crippen LogP contribution in [0.15, 0.2) is 0 Å². The molecule has 0 saturated carbocycles. The van der Waals surface area contributed by atoms with Crippen molar-refractivity contribution in [3.8, 4) is 6.07 Å². The first-order valence-electron chi connectivity index (χ1n) is 9.38. The number of nitrogens with zero attached hydrogens (tertiary/aromatic N) is 2. The van der Waals surface area contributed by atoms with E-state index < -0.39 is 8.53 Å². The van der Waals surface area contributed by atoms with Crippen molar-refractivity contribution in [1.29, 1.82) is 5.26 Å². The van der Waals surface area contributed by atoms with Crippen molar-refractivity contribution in [2.45, 2.75) is 80.3 Å². The second kappa shape index (κ2) is 12.2. The molecule has 0 aliphatic heterocycles. The summed E-state index contributed by atoms with van der Waals surface area (Å²) in [6, 6.07) is 2.68. The average molecular weight is 375 g/mol. The van der Waals surface area contributed by atoms with E-state index >= 15 is 0 Å². The molecule has 0 aromatic heterocycles. The van der Waals surface area contributed by atoms with E-state index in [4.69, 9.17) is 14.3 Å². The molecule has 0 spiro atoms. The van der Waals surface area contributed by atoms with Crippen molar-refractivity contribution in [2.24, 2.45) is 17.3 Å². The molecular formula is C19H39N2O3P. The second-order valence-electron chi connectivity index (χ2n) is 8.31. The average Bonchev–Trinajstić information content (AvgIpc) is 2.45. The van der Waals surface area contributed by atoms with Gasteiger partial charge in [-0.1, -0.05) is 27.7 Å². The van der Waals surface area contributed by atoms with E-state index in [1.165, 1.54) is 0 Å². The molecule has 0 aliphatic carbocycles. The lowest BCUT2D eigenvalue weighted by Gasteiger charge is -2.39. The molecule has 2 atom stereocenters. The third-order valence-corrected chi connectivity index (χ3v) is 6.38. The lowest BCUT2D eigenvalue weighted by atomic mass is 9.74. The van der Waals surface area contributed by atoms with Crippen molar-refractivity contribution in [3.05, 3.63) is 0 Å². The lowest BCUT2D eigenvalue weighted by molar-refractivity contribution is 0.0481. The van der Waals surface area contributed by atoms with Gasteiger partial charge in [0.1, 0.15) is 0 Å². The van der Waals surface area contributed by atoms with Gasteiger partial charge in [0.25, 0.3) is 8.53 Å². The monoisotopic (exact) mass is 374 g/mol. The SMILES string of the molecule is CC(C)CC(C)(C)C(CO)COP(OCCC#N)N(C(C)C)C(C)C. The predicted octanol–water partition coefficient (Wildman–Crippen LogP) is 4.96. The minimum Gasteiger partial charge on any atom is -0.396 e. The summed E-state index contributed by atoms with van der Waals surface area (Å²) in [6.07, 6.45) is 1.39. The van der Waals surface area contributed by atoms with Crippen molar-refractivity contribution in [2.75, 3.05) is 19.8 Å². The molecule has 25 heavy (non-hydrogen) atoms. The highest BCUT2D eigenvalue weighted by atomic mass is 31.2. The number of rotatable bonds is 13. The molecule has 2 unspecified atom stereocenters. The number of hydrogen-bond donors (Lipinski definition) is 1. The Morgan fingerprint density at radius 2 is 1.64 bits per heavy atom. The number of aliphatic hydroxyl groups is 1. The van der Waals surface area contributed by atoms with Gasteiger partial charge >= 0.3 is 0 Å². The molecule has 0 aromatic carbocycles. The summed E-state index contributed by atoms with van der Waals surface area (Å²) in [4.78, 5) is 0. The second-order valence-corrected chi connectivity index (χ2v) is 9.76. The maximum atomic E-state index is 9.89. The molecule has 0 aromatic rings. The molecule has 148 valence electrons. The van der Waals surface area contributed by atoms with E-state index in [9.17, 15) is 5.11 Å². The normalized spacial score (nSPS) is 15.2. The fourth-order valence-corrected chi connectivity index (χ4v) is 4.86. The molecule has 0 bridgehead atoms. The number of hydrogen-bond acceptors (Lipinski definition) is 5. The van der Waals surface area contributed by atoms with Crippen molar-refractivity contribution < 1.29 is 14.2 Å². The van der Waals surface area contributed by atoms with Gasteiger partial charge in [-0.2, -0.15) is 5.26 Å². The van der Waals surface area contributed by atoms with Gasteiger partial charge in [0, 0.05) is 24.6 Å². The zero-order valence-corrected chi connectivity index (χ0v) is 18.3. The van der Waals surface area contributed by atoms with Crippen molar-refractivity contribution in [3.63, 3.8) is 0 Å². The van der Waals surface area contributed by atoms with Gasteiger partial charge in [0.2, 0.25) is 0 Å². The highest BCUT2D eigenvalue weighted by Gasteiger charge is 2.33. The molecule has 0 fully saturated rings. The van der Waals surface area contributed by atoms with Gasteiger partial charge in [-0.3, -0.25) is 0 Å². The standard InChI is InChI=1S/C19H39N2O3P/c1-15(2)12-19(7,8)18(13-22)14-24-25(23-11-9-10-20)21(16(3)4)17(5)6/h15-18,22H,9,11-14H2,1-8H3. The van der Waals surface area contributed by atoms with E-state index in [2.05, 4.69) is 66.1 Å². The Bertz CT molecular complexity index is 387. The minimum atomic E-state index is -1.25. The van der Waals surface area contributed by atoms with Gasteiger partial charge in [-0.25, -0.2) is 4.67 Å². The number of aliphatic hydroxyl groups excluding tert-OH is 1. The number of nitriles is 1. The first-order valence-corrected chi connectivity index (χ1v) is 10.5. The maximum Gasteiger partial charge on any atom is 0.259 e. The van der Waals surface area contributed by atoms with Gasteiger partial charge < -0.3 is 14.2 Å². The van der Waals surface area contributed by atoms with Crippen LogP contribution in [-0.4, -0.2) is 41.7 Å². The van der Waals surface area contributed by atoms with Crippen LogP contribution in [-0.2, 0) is 9.05 Å². The van der Waals surface area contributed by atoms with Crippen LogP contribution >= 0.6 is 8.53 Å². The van der Waals surface area contributed by atoms with E-state index in [-0.39, 0.29) is 30.0 Å². The van der Waals surface area contributed by atoms with Crippen LogP contribution < -0.4 is 0 Å². The maximum absolute atomic E-state index is 9.89. The quantitative estimate of drug-likeness (QED) is 0.365. The Balaban J connectivity index is 5.06. The van der Waals surface area contributed by atoms with Gasteiger partial charge in [0.15, 0.2) is 0 Å². The molecule has 0 heterocycles. The summed E-state index contributed by atoms with van der Waals surface area (Å²) in [7, 11) is -1.25. The Hall–Kier alpha value is -0.240. The zero-order chi connectivity index (χ0) is 19.6. The summed E-state index contributed by atoms with van der Waals surface area (Å²) in [5, 5.41) is 18.7. The van der Waals surface area contributed by atoms with E-state index in [0.29, 0.717) is 25.6 Å². The first kappa shape index (κ1) is 24.8. The molecule has 5 nitrogen and oxygen atoms in total. The van der Waals surface area contributed by atoms with Crippen molar-refractivity contribution in [1.82, 2.24) is 4.67 Å². The van der Waals surface area contributed by atoms with Crippen LogP contribution in [0.25, 0.3) is 0 Å². The molecule has 0 amide bonds. The molecule has 0 radical (unpaired) electrons. The van der Waals surface area contributed by atoms with Crippen LogP contribution in [0.2, 0.25) is 0 Å². The smallest absolute Gasteiger partial charge is 0.259 e. The van der Waals surface area contributed by atoms with Gasteiger partial charge in [-0.15, -0.1) is 0 Å². The summed E-state index contributed by atoms with van der Waals surface area (Å²) < 4.78 is 14.3. The third kappa shape index (κ3) is 9.31. The Morgan fingerprint density at radius 1 is 1.08 bits per heavy atom. The summed E-state index contributed by atoms with van der Waals surface area (Å²) in [5.74, 6) is 0.626. The third-order valence-electron chi connectivity index (χ3n) is 4.31. The van der Waals surface area contributed by atoms with Crippen LogP contribution in [0.4, 0.5) is 0 Å². The largest absolute Gasteiger partial charge is 0.396 e. The topological polar surface area (TPSA) is 65.7 Å². The first-order chi connectivity index (χ1) is 11.6. The molecule has 0 aliphatic rings. The summed E-state index contributed by atoms with van der Waals surface area (Å²) >= 11 is 0. The molecular weight excluding hydrogens is 335 g/mol. The van der Waals surface area contributed by atoms with E-state index in [1.54, 1.807) is 0 Å². The zero-order valence-electron chi connectivity index (χ0n) is 17.5. The van der Waals surface area contributed by atoms with Gasteiger partial charge in [-0.05, 0) is 45.4 Å². The minimum absolute atomic E-state index is 0.00291. The van der Waals surface area contributed by atoms with E-state index in [1.807, 2.05) is 0 Å². The van der Waals surface area contributed by atoms with Gasteiger partial charge in [0.05, 0.1) is 25.7 Å². The fourth-order valence-electron chi connectivity index (χ4n) is 3.21. The van der Waals surface area contributed by atoms with E-state index in [0.717, 1.165) is 6.42 Å². The molecule has 0 rings (SSSR count). The highest BCUT2D eigenvalue weighted by Crippen LogP contribution is 2.47. The van der Waals surface area contributed by atoms with Crippen LogP contribution in [0.1, 0.15) is 68.2 Å². The molecule has 1 N–H and O–H groups in total. The predicted molar refractivity (Wildman–Crippen MR) is 105 cm³/mol. The van der Waals surface area contributed by atoms with Crippen molar-refractivity contribution >= 4 is 8.53 Å². The van der Waals surface area contributed by atoms with Crippen LogP contribution in [0, 0.1) is 28.6 Å². The summed E-state index contributed by atoms with van der Waals surface area (Å²) in [6.45, 7) is 18.2. The Labute approximate surface area is 156 Å². The van der Waals surface area contributed by atoms with Crippen LogP contribution in [0.5, 0.6) is 0 Å². The van der Waals surface area contributed by atoms with Crippen LogP contribution in [0.3, 0.4) is 0 Å². The molecule has 0 saturated heterocycles.